The molecule has 1 N–H and O–H groups in total. The molecule has 2 aliphatic rings. The van der Waals surface area contributed by atoms with Gasteiger partial charge in [0.15, 0.2) is 0 Å². The third-order valence-electron chi connectivity index (χ3n) is 5.09. The number of amides is 1. The molecule has 6 nitrogen and oxygen atoms in total. The highest BCUT2D eigenvalue weighted by Gasteiger charge is 2.28. The minimum atomic E-state index is -0.115. The van der Waals surface area contributed by atoms with Crippen LogP contribution in [0.25, 0.3) is 0 Å². The number of nitrogens with zero attached hydrogens (tertiary/aromatic N) is 3. The maximum Gasteiger partial charge on any atom is 0.254 e. The zero-order valence-corrected chi connectivity index (χ0v) is 14.6. The van der Waals surface area contributed by atoms with E-state index < -0.39 is 0 Å². The summed E-state index contributed by atoms with van der Waals surface area (Å²) in [6.45, 7) is 4.49. The first kappa shape index (κ1) is 16.3. The van der Waals surface area contributed by atoms with Crippen LogP contribution in [-0.4, -0.2) is 40.4 Å². The van der Waals surface area contributed by atoms with Crippen molar-refractivity contribution >= 4 is 5.91 Å². The average Bonchev–Trinajstić information content (AvgIpc) is 3.09. The van der Waals surface area contributed by atoms with Crippen molar-refractivity contribution in [2.75, 3.05) is 19.6 Å². The molecule has 2 aromatic heterocycles. The Labute approximate surface area is 147 Å². The number of nitrogens with one attached hydrogen (secondary N) is 1. The number of hydrogen-bond donors (Lipinski definition) is 1. The van der Waals surface area contributed by atoms with Crippen molar-refractivity contribution in [2.24, 2.45) is 0 Å². The molecule has 1 aliphatic carbocycles. The maximum absolute atomic E-state index is 12.6. The van der Waals surface area contributed by atoms with Crippen LogP contribution >= 0.6 is 0 Å². The van der Waals surface area contributed by atoms with Gasteiger partial charge in [0.25, 0.3) is 5.91 Å². The minimum absolute atomic E-state index is 0.0772. The average molecular weight is 340 g/mol. The molecule has 6 heteroatoms. The first-order valence-electron chi connectivity index (χ1n) is 9.11. The summed E-state index contributed by atoms with van der Waals surface area (Å²) in [5.74, 6) is 2.16. The van der Waals surface area contributed by atoms with Gasteiger partial charge in [-0.05, 0) is 57.8 Å². The third kappa shape index (κ3) is 3.58. The van der Waals surface area contributed by atoms with Gasteiger partial charge < -0.3 is 9.73 Å². The Morgan fingerprint density at radius 1 is 1.40 bits per heavy atom. The quantitative estimate of drug-likeness (QED) is 0.875. The van der Waals surface area contributed by atoms with E-state index in [1.165, 1.54) is 12.8 Å². The Kier molecular flexibility index (Phi) is 4.53. The number of rotatable bonds is 6. The molecule has 132 valence electrons. The second kappa shape index (κ2) is 6.96. The zero-order chi connectivity index (χ0) is 17.2. The number of aryl methyl sites for hydroxylation is 1. The fourth-order valence-electron chi connectivity index (χ4n) is 3.47. The van der Waals surface area contributed by atoms with E-state index in [1.54, 1.807) is 12.5 Å². The van der Waals surface area contributed by atoms with Crippen LogP contribution in [0.4, 0.5) is 0 Å². The second-order valence-electron chi connectivity index (χ2n) is 6.99. The zero-order valence-electron chi connectivity index (χ0n) is 14.6. The van der Waals surface area contributed by atoms with E-state index in [4.69, 9.17) is 4.42 Å². The smallest absolute Gasteiger partial charge is 0.254 e. The summed E-state index contributed by atoms with van der Waals surface area (Å²) in [6.07, 6.45) is 8.07. The highest BCUT2D eigenvalue weighted by molar-refractivity contribution is 5.94. The number of hydrogen-bond acceptors (Lipinski definition) is 5. The van der Waals surface area contributed by atoms with Crippen LogP contribution in [-0.2, 0) is 0 Å². The van der Waals surface area contributed by atoms with Crippen LogP contribution in [0.2, 0.25) is 0 Å². The Hall–Kier alpha value is -2.21. The summed E-state index contributed by atoms with van der Waals surface area (Å²) in [7, 11) is 0. The van der Waals surface area contributed by atoms with Crippen LogP contribution in [0.1, 0.15) is 65.3 Å². The molecule has 0 aromatic carbocycles. The van der Waals surface area contributed by atoms with Gasteiger partial charge in [0.2, 0.25) is 0 Å². The molecular weight excluding hydrogens is 316 g/mol. The first-order chi connectivity index (χ1) is 12.2. The van der Waals surface area contributed by atoms with Crippen LogP contribution < -0.4 is 5.32 Å². The highest BCUT2D eigenvalue weighted by atomic mass is 16.3. The molecular formula is C19H24N4O2. The van der Waals surface area contributed by atoms with Gasteiger partial charge in [-0.15, -0.1) is 0 Å². The van der Waals surface area contributed by atoms with Crippen molar-refractivity contribution in [3.8, 4) is 0 Å². The Morgan fingerprint density at radius 3 is 2.84 bits per heavy atom. The van der Waals surface area contributed by atoms with Crippen molar-refractivity contribution in [3.05, 3.63) is 47.4 Å². The lowest BCUT2D eigenvalue weighted by atomic mass is 10.1. The molecule has 1 amide bonds. The van der Waals surface area contributed by atoms with Gasteiger partial charge in [-0.1, -0.05) is 0 Å². The van der Waals surface area contributed by atoms with Crippen LogP contribution in [0.3, 0.4) is 0 Å². The van der Waals surface area contributed by atoms with Gasteiger partial charge in [0.1, 0.15) is 11.6 Å². The predicted octanol–water partition coefficient (Wildman–Crippen LogP) is 2.82. The fourth-order valence-corrected chi connectivity index (χ4v) is 3.47. The number of carbonyl (C=O) groups excluding carboxylic acids is 1. The summed E-state index contributed by atoms with van der Waals surface area (Å²) >= 11 is 0. The lowest BCUT2D eigenvalue weighted by Crippen LogP contribution is -2.37. The minimum Gasteiger partial charge on any atom is -0.468 e. The van der Waals surface area contributed by atoms with E-state index in [1.807, 2.05) is 19.1 Å². The second-order valence-corrected chi connectivity index (χ2v) is 6.99. The Balaban J connectivity index is 1.44. The molecule has 1 unspecified atom stereocenters. The number of aromatic nitrogens is 2. The monoisotopic (exact) mass is 340 g/mol. The molecule has 3 heterocycles. The van der Waals surface area contributed by atoms with E-state index in [0.29, 0.717) is 18.0 Å². The van der Waals surface area contributed by atoms with Crippen molar-refractivity contribution in [3.63, 3.8) is 0 Å². The van der Waals surface area contributed by atoms with Crippen LogP contribution in [0, 0.1) is 6.92 Å². The largest absolute Gasteiger partial charge is 0.468 e. The van der Waals surface area contributed by atoms with Crippen molar-refractivity contribution in [2.45, 2.75) is 44.6 Å². The standard InChI is InChI=1S/C19H24N4O2/c1-13-15(11-20-18(22-13)14-6-7-14)19(24)21-12-16(17-5-4-10-25-17)23-8-2-3-9-23/h4-5,10-11,14,16H,2-3,6-9,12H2,1H3,(H,21,24). The maximum atomic E-state index is 12.6. The summed E-state index contributed by atoms with van der Waals surface area (Å²) < 4.78 is 5.60. The van der Waals surface area contributed by atoms with E-state index >= 15 is 0 Å². The van der Waals surface area contributed by atoms with Gasteiger partial charge in [-0.25, -0.2) is 9.97 Å². The summed E-state index contributed by atoms with van der Waals surface area (Å²) in [5.41, 5.74) is 1.31. The lowest BCUT2D eigenvalue weighted by Gasteiger charge is -2.26. The van der Waals surface area contributed by atoms with Crippen LogP contribution in [0.5, 0.6) is 0 Å². The van der Waals surface area contributed by atoms with E-state index in [9.17, 15) is 4.79 Å². The van der Waals surface area contributed by atoms with Crippen molar-refractivity contribution in [1.29, 1.82) is 0 Å². The van der Waals surface area contributed by atoms with Gasteiger partial charge in [-0.2, -0.15) is 0 Å². The molecule has 25 heavy (non-hydrogen) atoms. The number of likely N-dealkylation sites (tertiary alicyclic amines) is 1. The van der Waals surface area contributed by atoms with Gasteiger partial charge in [0.05, 0.1) is 23.6 Å². The summed E-state index contributed by atoms with van der Waals surface area (Å²) in [6, 6.07) is 3.95. The summed E-state index contributed by atoms with van der Waals surface area (Å²) in [4.78, 5) is 23.9. The summed E-state index contributed by atoms with van der Waals surface area (Å²) in [5, 5.41) is 3.05. The van der Waals surface area contributed by atoms with Crippen LogP contribution in [0.15, 0.2) is 29.0 Å². The topological polar surface area (TPSA) is 71.3 Å². The predicted molar refractivity (Wildman–Crippen MR) is 93.3 cm³/mol. The molecule has 0 radical (unpaired) electrons. The number of carbonyl (C=O) groups is 1. The molecule has 2 fully saturated rings. The van der Waals surface area contributed by atoms with E-state index in [0.717, 1.165) is 43.2 Å². The molecule has 1 atom stereocenters. The molecule has 0 bridgehead atoms. The normalized spacial score (nSPS) is 19.1. The highest BCUT2D eigenvalue weighted by Crippen LogP contribution is 2.37. The van der Waals surface area contributed by atoms with Crippen molar-refractivity contribution in [1.82, 2.24) is 20.2 Å². The lowest BCUT2D eigenvalue weighted by molar-refractivity contribution is 0.0932. The fraction of sp³-hybridized carbons (Fsp3) is 0.526. The third-order valence-corrected chi connectivity index (χ3v) is 5.09. The SMILES string of the molecule is Cc1nc(C2CC2)ncc1C(=O)NCC(c1ccco1)N1CCCC1. The van der Waals surface area contributed by atoms with E-state index in [-0.39, 0.29) is 11.9 Å². The molecule has 1 saturated heterocycles. The Morgan fingerprint density at radius 2 is 2.20 bits per heavy atom. The van der Waals surface area contributed by atoms with Crippen molar-refractivity contribution < 1.29 is 9.21 Å². The number of furan rings is 1. The molecule has 0 spiro atoms. The van der Waals surface area contributed by atoms with E-state index in [2.05, 4.69) is 20.2 Å². The Bertz CT molecular complexity index is 734. The molecule has 2 aromatic rings. The van der Waals surface area contributed by atoms with Gasteiger partial charge in [0, 0.05) is 18.7 Å². The molecule has 1 saturated carbocycles. The van der Waals surface area contributed by atoms with Gasteiger partial charge >= 0.3 is 0 Å². The first-order valence-corrected chi connectivity index (χ1v) is 9.11. The van der Waals surface area contributed by atoms with Gasteiger partial charge in [-0.3, -0.25) is 9.69 Å². The molecule has 4 rings (SSSR count). The molecule has 1 aliphatic heterocycles.